The minimum atomic E-state index is -4.61. The maximum absolute atomic E-state index is 12.7. The van der Waals surface area contributed by atoms with E-state index in [1.54, 1.807) is 19.1 Å². The number of amides is 2. The second kappa shape index (κ2) is 7.39. The maximum Gasteiger partial charge on any atom is 0.416 e. The summed E-state index contributed by atoms with van der Waals surface area (Å²) in [5.41, 5.74) is 0.558. The zero-order chi connectivity index (χ0) is 18.6. The van der Waals surface area contributed by atoms with Gasteiger partial charge in [0.25, 0.3) is 0 Å². The number of hydrazone groups is 1. The van der Waals surface area contributed by atoms with Gasteiger partial charge < -0.3 is 9.73 Å². The highest BCUT2D eigenvalue weighted by atomic mass is 35.5. The molecule has 132 valence electrons. The summed E-state index contributed by atoms with van der Waals surface area (Å²) in [6, 6.07) is 5.62. The average Bonchev–Trinajstić information content (AvgIpc) is 2.93. The molecule has 0 fully saturated rings. The molecular formula is C15H11ClF3N3O3. The molecule has 6 nitrogen and oxygen atoms in total. The zero-order valence-corrected chi connectivity index (χ0v) is 13.4. The van der Waals surface area contributed by atoms with Gasteiger partial charge in [0, 0.05) is 0 Å². The molecule has 0 unspecified atom stereocenters. The van der Waals surface area contributed by atoms with Gasteiger partial charge >= 0.3 is 18.0 Å². The van der Waals surface area contributed by atoms with Crippen LogP contribution in [-0.2, 0) is 15.8 Å². The van der Waals surface area contributed by atoms with E-state index in [4.69, 9.17) is 16.0 Å². The van der Waals surface area contributed by atoms with Crippen molar-refractivity contribution in [2.24, 2.45) is 5.10 Å². The minimum absolute atomic E-state index is 0.149. The minimum Gasteiger partial charge on any atom is -0.460 e. The molecule has 2 N–H and O–H groups in total. The highest BCUT2D eigenvalue weighted by Crippen LogP contribution is 2.33. The second-order valence-corrected chi connectivity index (χ2v) is 5.20. The Kier molecular flexibility index (Phi) is 5.48. The molecule has 0 spiro atoms. The number of furan rings is 1. The van der Waals surface area contributed by atoms with Crippen molar-refractivity contribution >= 4 is 35.3 Å². The van der Waals surface area contributed by atoms with Gasteiger partial charge in [0.05, 0.1) is 22.5 Å². The molecule has 0 atom stereocenters. The molecule has 10 heteroatoms. The Morgan fingerprint density at radius 2 is 1.92 bits per heavy atom. The molecule has 0 aliphatic carbocycles. The van der Waals surface area contributed by atoms with Crippen molar-refractivity contribution in [3.63, 3.8) is 0 Å². The average molecular weight is 374 g/mol. The van der Waals surface area contributed by atoms with Crippen LogP contribution in [0, 0.1) is 6.92 Å². The third-order valence-corrected chi connectivity index (χ3v) is 3.20. The predicted molar refractivity (Wildman–Crippen MR) is 84.3 cm³/mol. The van der Waals surface area contributed by atoms with Gasteiger partial charge in [-0.15, -0.1) is 0 Å². The van der Waals surface area contributed by atoms with Crippen LogP contribution in [-0.4, -0.2) is 18.0 Å². The molecule has 0 bridgehead atoms. The molecule has 2 aromatic rings. The topological polar surface area (TPSA) is 83.7 Å². The summed E-state index contributed by atoms with van der Waals surface area (Å²) in [6.45, 7) is 1.71. The van der Waals surface area contributed by atoms with Crippen LogP contribution in [0.4, 0.5) is 18.9 Å². The third kappa shape index (κ3) is 5.08. The molecule has 1 aromatic heterocycles. The summed E-state index contributed by atoms with van der Waals surface area (Å²) in [4.78, 5) is 23.3. The zero-order valence-electron chi connectivity index (χ0n) is 12.6. The smallest absolute Gasteiger partial charge is 0.416 e. The van der Waals surface area contributed by atoms with Crippen LogP contribution in [0.15, 0.2) is 39.9 Å². The van der Waals surface area contributed by atoms with Gasteiger partial charge in [-0.05, 0) is 37.3 Å². The van der Waals surface area contributed by atoms with Crippen molar-refractivity contribution in [3.05, 3.63) is 52.4 Å². The fourth-order valence-corrected chi connectivity index (χ4v) is 1.87. The van der Waals surface area contributed by atoms with Gasteiger partial charge in [0.2, 0.25) is 0 Å². The number of nitrogens with zero attached hydrogens (tertiary/aromatic N) is 1. The van der Waals surface area contributed by atoms with E-state index in [2.05, 4.69) is 5.10 Å². The van der Waals surface area contributed by atoms with Crippen molar-refractivity contribution in [1.82, 2.24) is 5.43 Å². The lowest BCUT2D eigenvalue weighted by Gasteiger charge is -2.11. The monoisotopic (exact) mass is 373 g/mol. The molecule has 2 amide bonds. The van der Waals surface area contributed by atoms with E-state index in [1.165, 1.54) is 0 Å². The van der Waals surface area contributed by atoms with Crippen molar-refractivity contribution < 1.29 is 27.2 Å². The highest BCUT2D eigenvalue weighted by Gasteiger charge is 2.31. The third-order valence-electron chi connectivity index (χ3n) is 2.87. The Morgan fingerprint density at radius 1 is 1.20 bits per heavy atom. The summed E-state index contributed by atoms with van der Waals surface area (Å²) in [5.74, 6) is -1.44. The molecular weight excluding hydrogens is 363 g/mol. The quantitative estimate of drug-likeness (QED) is 0.491. The molecule has 2 rings (SSSR count). The largest absolute Gasteiger partial charge is 0.460 e. The van der Waals surface area contributed by atoms with Gasteiger partial charge in [-0.3, -0.25) is 9.59 Å². The molecule has 0 saturated heterocycles. The number of rotatable bonds is 3. The fourth-order valence-electron chi connectivity index (χ4n) is 1.70. The Hall–Kier alpha value is -2.81. The number of nitrogens with one attached hydrogen (secondary N) is 2. The SMILES string of the molecule is Cc1ccc(C=NNC(=O)C(=O)Nc2cc(C(F)(F)F)ccc2Cl)o1. The molecule has 1 heterocycles. The van der Waals surface area contributed by atoms with E-state index < -0.39 is 23.6 Å². The van der Waals surface area contributed by atoms with E-state index in [0.717, 1.165) is 18.3 Å². The number of carbonyl (C=O) groups excluding carboxylic acids is 2. The Bertz CT molecular complexity index is 831. The van der Waals surface area contributed by atoms with Crippen LogP contribution < -0.4 is 10.7 Å². The number of benzene rings is 1. The number of alkyl halides is 3. The summed E-state index contributed by atoms with van der Waals surface area (Å²) >= 11 is 5.73. The number of anilines is 1. The van der Waals surface area contributed by atoms with Crippen LogP contribution >= 0.6 is 11.6 Å². The molecule has 0 radical (unpaired) electrons. The van der Waals surface area contributed by atoms with Gasteiger partial charge in [0.15, 0.2) is 0 Å². The lowest BCUT2D eigenvalue weighted by Crippen LogP contribution is -2.32. The number of hydrogen-bond donors (Lipinski definition) is 2. The number of aryl methyl sites for hydroxylation is 1. The Labute approximate surface area is 144 Å². The highest BCUT2D eigenvalue weighted by molar-refractivity contribution is 6.41. The first-order valence-electron chi connectivity index (χ1n) is 6.74. The molecule has 1 aromatic carbocycles. The lowest BCUT2D eigenvalue weighted by atomic mass is 10.2. The van der Waals surface area contributed by atoms with Crippen molar-refractivity contribution in [2.45, 2.75) is 13.1 Å². The van der Waals surface area contributed by atoms with Gasteiger partial charge in [0.1, 0.15) is 11.5 Å². The van der Waals surface area contributed by atoms with Crippen molar-refractivity contribution in [3.8, 4) is 0 Å². The Balaban J connectivity index is 2.01. The summed E-state index contributed by atoms with van der Waals surface area (Å²) in [5, 5.41) is 5.35. The van der Waals surface area contributed by atoms with Crippen molar-refractivity contribution in [2.75, 3.05) is 5.32 Å². The summed E-state index contributed by atoms with van der Waals surface area (Å²) < 4.78 is 43.1. The van der Waals surface area contributed by atoms with Crippen LogP contribution in [0.3, 0.4) is 0 Å². The predicted octanol–water partition coefficient (Wildman–Crippen LogP) is 3.35. The molecule has 0 saturated carbocycles. The van der Waals surface area contributed by atoms with E-state index in [-0.39, 0.29) is 10.7 Å². The normalized spacial score (nSPS) is 11.6. The maximum atomic E-state index is 12.7. The molecule has 0 aliphatic rings. The summed E-state index contributed by atoms with van der Waals surface area (Å²) in [7, 11) is 0. The molecule has 25 heavy (non-hydrogen) atoms. The first-order valence-corrected chi connectivity index (χ1v) is 7.12. The summed E-state index contributed by atoms with van der Waals surface area (Å²) in [6.07, 6.45) is -3.45. The number of carbonyl (C=O) groups is 2. The van der Waals surface area contributed by atoms with E-state index in [9.17, 15) is 22.8 Å². The van der Waals surface area contributed by atoms with E-state index in [1.807, 2.05) is 10.7 Å². The van der Waals surface area contributed by atoms with E-state index in [0.29, 0.717) is 17.6 Å². The van der Waals surface area contributed by atoms with Crippen LogP contribution in [0.1, 0.15) is 17.1 Å². The van der Waals surface area contributed by atoms with E-state index >= 15 is 0 Å². The standard InChI is InChI=1S/C15H11ClF3N3O3/c1-8-2-4-10(25-8)7-20-22-14(24)13(23)21-12-6-9(15(17,18)19)3-5-11(12)16/h2-7H,1H3,(H,21,23)(H,22,24). The lowest BCUT2D eigenvalue weighted by molar-refractivity contribution is -0.137. The van der Waals surface area contributed by atoms with Gasteiger partial charge in [-0.1, -0.05) is 11.6 Å². The number of halogens is 4. The Morgan fingerprint density at radius 3 is 2.52 bits per heavy atom. The second-order valence-electron chi connectivity index (χ2n) is 4.79. The van der Waals surface area contributed by atoms with Gasteiger partial charge in [-0.25, -0.2) is 5.43 Å². The first kappa shape index (κ1) is 18.5. The fraction of sp³-hybridized carbons (Fsp3) is 0.133. The van der Waals surface area contributed by atoms with Crippen LogP contribution in [0.2, 0.25) is 5.02 Å². The van der Waals surface area contributed by atoms with Crippen LogP contribution in [0.5, 0.6) is 0 Å². The first-order chi connectivity index (χ1) is 11.7. The molecule has 0 aliphatic heterocycles. The van der Waals surface area contributed by atoms with Crippen molar-refractivity contribution in [1.29, 1.82) is 0 Å². The number of hydrogen-bond acceptors (Lipinski definition) is 4. The van der Waals surface area contributed by atoms with Crippen LogP contribution in [0.25, 0.3) is 0 Å². The van der Waals surface area contributed by atoms with Gasteiger partial charge in [-0.2, -0.15) is 18.3 Å².